The number of fused-ring (bicyclic) bond motifs is 1. The van der Waals surface area contributed by atoms with Gasteiger partial charge in [0.15, 0.2) is 0 Å². The van der Waals surface area contributed by atoms with E-state index >= 15 is 0 Å². The van der Waals surface area contributed by atoms with Crippen molar-refractivity contribution in [1.82, 2.24) is 15.0 Å². The van der Waals surface area contributed by atoms with E-state index < -0.39 is 24.1 Å². The maximum absolute atomic E-state index is 13.2. The number of carboxylic acid groups (broad SMARTS) is 1. The topological polar surface area (TPSA) is 103 Å². The fourth-order valence-corrected chi connectivity index (χ4v) is 3.92. The number of aliphatic carboxylic acids is 1. The molecule has 0 spiro atoms. The second-order valence-electron chi connectivity index (χ2n) is 7.21. The first kappa shape index (κ1) is 17.3. The van der Waals surface area contributed by atoms with Crippen LogP contribution in [0.1, 0.15) is 19.2 Å². The maximum Gasteiger partial charge on any atom is 0.451 e. The van der Waals surface area contributed by atoms with Crippen LogP contribution >= 0.6 is 0 Å². The second kappa shape index (κ2) is 5.66. The van der Waals surface area contributed by atoms with Gasteiger partial charge in [-0.25, -0.2) is 0 Å². The minimum Gasteiger partial charge on any atom is -0.481 e. The van der Waals surface area contributed by atoms with E-state index in [1.165, 1.54) is 4.90 Å². The second-order valence-corrected chi connectivity index (χ2v) is 7.21. The highest BCUT2D eigenvalue weighted by atomic mass is 19.4. The molecule has 26 heavy (non-hydrogen) atoms. The Morgan fingerprint density at radius 3 is 2.27 bits per heavy atom. The minimum absolute atomic E-state index is 0.0443. The number of carbonyl (C=O) groups is 1. The highest BCUT2D eigenvalue weighted by molar-refractivity contribution is 5.68. The van der Waals surface area contributed by atoms with Gasteiger partial charge in [-0.2, -0.15) is 28.1 Å². The van der Waals surface area contributed by atoms with Gasteiger partial charge in [0.2, 0.25) is 17.7 Å². The van der Waals surface area contributed by atoms with Crippen LogP contribution in [-0.4, -0.2) is 62.9 Å². The van der Waals surface area contributed by atoms with Crippen molar-refractivity contribution in [2.45, 2.75) is 31.7 Å². The van der Waals surface area contributed by atoms with Gasteiger partial charge in [0, 0.05) is 26.1 Å². The summed E-state index contributed by atoms with van der Waals surface area (Å²) in [6, 6.07) is -0.363. The smallest absolute Gasteiger partial charge is 0.451 e. The van der Waals surface area contributed by atoms with Crippen molar-refractivity contribution >= 4 is 17.9 Å². The van der Waals surface area contributed by atoms with Crippen LogP contribution in [0.15, 0.2) is 0 Å². The van der Waals surface area contributed by atoms with Crippen LogP contribution in [0.5, 0.6) is 0 Å². The minimum atomic E-state index is -4.70. The zero-order chi connectivity index (χ0) is 18.8. The van der Waals surface area contributed by atoms with Gasteiger partial charge in [0.1, 0.15) is 0 Å². The molecule has 2 N–H and O–H groups in total. The zero-order valence-electron chi connectivity index (χ0n) is 13.9. The van der Waals surface area contributed by atoms with Gasteiger partial charge < -0.3 is 20.0 Å². The van der Waals surface area contributed by atoms with Crippen molar-refractivity contribution in [3.05, 3.63) is 5.82 Å². The largest absolute Gasteiger partial charge is 0.481 e. The van der Waals surface area contributed by atoms with Gasteiger partial charge in [-0.15, -0.1) is 0 Å². The Morgan fingerprint density at radius 2 is 1.77 bits per heavy atom. The Morgan fingerprint density at radius 1 is 1.15 bits per heavy atom. The van der Waals surface area contributed by atoms with Gasteiger partial charge >= 0.3 is 12.1 Å². The van der Waals surface area contributed by atoms with Crippen LogP contribution in [0.4, 0.5) is 25.1 Å². The first-order valence-electron chi connectivity index (χ1n) is 8.40. The summed E-state index contributed by atoms with van der Waals surface area (Å²) in [7, 11) is 0. The van der Waals surface area contributed by atoms with E-state index in [-0.39, 0.29) is 48.7 Å². The number of aromatic nitrogens is 3. The zero-order valence-corrected chi connectivity index (χ0v) is 13.9. The number of aliphatic hydroxyl groups excluding tert-OH is 1. The number of alkyl halides is 3. The van der Waals surface area contributed by atoms with Gasteiger partial charge in [-0.3, -0.25) is 4.79 Å². The fraction of sp³-hybridized carbons (Fsp3) is 0.733. The number of anilines is 2. The lowest BCUT2D eigenvalue weighted by Gasteiger charge is -2.43. The molecule has 11 heteroatoms. The third kappa shape index (κ3) is 2.83. The first-order valence-corrected chi connectivity index (χ1v) is 8.40. The number of β-amino-alcohol motifs (C(OH)–C–C–N with tert-alkyl or cyclic N) is 1. The number of aliphatic hydroxyl groups is 1. The molecular formula is C15H18F3N5O3. The number of piperidine rings is 1. The van der Waals surface area contributed by atoms with Gasteiger partial charge in [0.05, 0.1) is 12.1 Å². The van der Waals surface area contributed by atoms with Crippen molar-refractivity contribution in [3.8, 4) is 0 Å². The quantitative estimate of drug-likeness (QED) is 0.792. The molecule has 4 rings (SSSR count). The number of hydrogen-bond donors (Lipinski definition) is 2. The molecule has 1 saturated carbocycles. The third-order valence-corrected chi connectivity index (χ3v) is 5.62. The molecule has 0 radical (unpaired) electrons. The van der Waals surface area contributed by atoms with E-state index in [0.717, 1.165) is 0 Å². The molecule has 3 aliphatic rings. The van der Waals surface area contributed by atoms with E-state index in [1.54, 1.807) is 11.8 Å². The van der Waals surface area contributed by atoms with Crippen LogP contribution in [0.2, 0.25) is 0 Å². The molecule has 1 aliphatic carbocycles. The molecular weight excluding hydrogens is 355 g/mol. The average molecular weight is 373 g/mol. The molecule has 0 bridgehead atoms. The lowest BCUT2D eigenvalue weighted by atomic mass is 10.0. The molecule has 0 amide bonds. The number of carboxylic acids is 1. The highest BCUT2D eigenvalue weighted by Crippen LogP contribution is 2.54. The van der Waals surface area contributed by atoms with E-state index in [2.05, 4.69) is 15.0 Å². The Kier molecular flexibility index (Phi) is 3.76. The summed E-state index contributed by atoms with van der Waals surface area (Å²) in [5, 5.41) is 18.5. The molecule has 5 atom stereocenters. The molecule has 8 nitrogen and oxygen atoms in total. The van der Waals surface area contributed by atoms with Crippen LogP contribution in [0.25, 0.3) is 0 Å². The van der Waals surface area contributed by atoms with Gasteiger partial charge in [0.25, 0.3) is 0 Å². The predicted molar refractivity (Wildman–Crippen MR) is 82.6 cm³/mol. The van der Waals surface area contributed by atoms with Crippen LogP contribution in [0, 0.1) is 17.8 Å². The van der Waals surface area contributed by atoms with Crippen LogP contribution in [0.3, 0.4) is 0 Å². The monoisotopic (exact) mass is 373 g/mol. The molecule has 2 saturated heterocycles. The summed E-state index contributed by atoms with van der Waals surface area (Å²) in [6.45, 7) is 2.75. The number of halogens is 3. The van der Waals surface area contributed by atoms with Crippen molar-refractivity contribution in [2.75, 3.05) is 29.4 Å². The Hall–Kier alpha value is -2.17. The van der Waals surface area contributed by atoms with Crippen molar-refractivity contribution in [1.29, 1.82) is 0 Å². The SMILES string of the molecule is C[C@H]1[C@H](O)CN1c1nc(N2C[C@@H]3C(CC(=O)O)[C@@H]3C2)nc(C(F)(F)F)n1. The molecule has 3 fully saturated rings. The first-order chi connectivity index (χ1) is 12.1. The van der Waals surface area contributed by atoms with Crippen molar-refractivity contribution < 1.29 is 28.2 Å². The average Bonchev–Trinajstić information content (AvgIpc) is 3.00. The van der Waals surface area contributed by atoms with E-state index in [4.69, 9.17) is 5.11 Å². The molecule has 3 heterocycles. The molecule has 1 unspecified atom stereocenters. The normalized spacial score (nSPS) is 33.0. The number of nitrogens with zero attached hydrogens (tertiary/aromatic N) is 5. The summed E-state index contributed by atoms with van der Waals surface area (Å²) in [4.78, 5) is 25.3. The maximum atomic E-state index is 13.2. The lowest BCUT2D eigenvalue weighted by Crippen LogP contribution is -2.59. The van der Waals surface area contributed by atoms with Crippen LogP contribution in [-0.2, 0) is 11.0 Å². The molecule has 1 aromatic rings. The van der Waals surface area contributed by atoms with Gasteiger partial charge in [-0.05, 0) is 24.7 Å². The number of hydrogen-bond acceptors (Lipinski definition) is 7. The summed E-state index contributed by atoms with van der Waals surface area (Å²) in [5.41, 5.74) is 0. The molecule has 0 aromatic carbocycles. The summed E-state index contributed by atoms with van der Waals surface area (Å²) >= 11 is 0. The Balaban J connectivity index is 1.56. The summed E-state index contributed by atoms with van der Waals surface area (Å²) in [6.07, 6.45) is -5.24. The molecule has 2 aliphatic heterocycles. The van der Waals surface area contributed by atoms with E-state index in [9.17, 15) is 23.1 Å². The predicted octanol–water partition coefficient (Wildman–Crippen LogP) is 0.617. The highest BCUT2D eigenvalue weighted by Gasteiger charge is 2.56. The lowest BCUT2D eigenvalue weighted by molar-refractivity contribution is -0.145. The molecule has 142 valence electrons. The fourth-order valence-electron chi connectivity index (χ4n) is 3.92. The summed E-state index contributed by atoms with van der Waals surface area (Å²) in [5.74, 6) is -1.86. The van der Waals surface area contributed by atoms with E-state index in [0.29, 0.717) is 13.1 Å². The summed E-state index contributed by atoms with van der Waals surface area (Å²) < 4.78 is 39.5. The van der Waals surface area contributed by atoms with Gasteiger partial charge in [-0.1, -0.05) is 0 Å². The Bertz CT molecular complexity index is 734. The Labute approximate surface area is 146 Å². The van der Waals surface area contributed by atoms with Crippen molar-refractivity contribution in [3.63, 3.8) is 0 Å². The van der Waals surface area contributed by atoms with Crippen molar-refractivity contribution in [2.24, 2.45) is 17.8 Å². The van der Waals surface area contributed by atoms with Crippen LogP contribution < -0.4 is 9.80 Å². The van der Waals surface area contributed by atoms with E-state index in [1.807, 2.05) is 0 Å². The third-order valence-electron chi connectivity index (χ3n) is 5.62. The molecule has 1 aromatic heterocycles. The standard InChI is InChI=1S/C15H18F3N5O3/c1-6-10(24)5-23(6)14-20-12(15(16,17)18)19-13(21-14)22-3-8-7(2-11(25)26)9(8)4-22/h6-10,24H,2-5H2,1H3,(H,25,26)/t6-,7?,8-,9+,10+/m0/s1. The number of rotatable bonds is 4.